The largest absolute Gasteiger partial charge is 0.370 e. The highest BCUT2D eigenvalue weighted by Gasteiger charge is 2.04. The number of nitrogens with one attached hydrogen (secondary N) is 2. The second-order valence-corrected chi connectivity index (χ2v) is 5.27. The first-order valence-corrected chi connectivity index (χ1v) is 7.00. The number of amides is 1. The van der Waals surface area contributed by atoms with Gasteiger partial charge in [0.2, 0.25) is 0 Å². The lowest BCUT2D eigenvalue weighted by molar-refractivity contribution is 0.0954. The van der Waals surface area contributed by atoms with Gasteiger partial charge in [0.25, 0.3) is 5.91 Å². The van der Waals surface area contributed by atoms with E-state index in [-0.39, 0.29) is 5.91 Å². The zero-order chi connectivity index (χ0) is 15.0. The molecule has 0 aliphatic rings. The van der Waals surface area contributed by atoms with Crippen LogP contribution in [0, 0.1) is 0 Å². The second kappa shape index (κ2) is 8.37. The Labute approximate surface area is 127 Å². The zero-order valence-electron chi connectivity index (χ0n) is 11.4. The second-order valence-electron chi connectivity index (χ2n) is 4.35. The van der Waals surface area contributed by atoms with Crippen molar-refractivity contribution < 1.29 is 4.79 Å². The molecule has 6 heteroatoms. The Bertz CT molecular complexity index is 514. The predicted octanol–water partition coefficient (Wildman–Crippen LogP) is 1.66. The minimum Gasteiger partial charge on any atom is -0.370 e. The fourth-order valence-electron chi connectivity index (χ4n) is 1.37. The van der Waals surface area contributed by atoms with E-state index in [9.17, 15) is 4.79 Å². The van der Waals surface area contributed by atoms with E-state index in [0.29, 0.717) is 31.2 Å². The summed E-state index contributed by atoms with van der Waals surface area (Å²) >= 11 is 3.33. The number of halogens is 1. The van der Waals surface area contributed by atoms with Crippen molar-refractivity contribution in [2.24, 2.45) is 10.7 Å². The Hall–Kier alpha value is -1.82. The molecule has 108 valence electrons. The van der Waals surface area contributed by atoms with Crippen molar-refractivity contribution >= 4 is 27.8 Å². The van der Waals surface area contributed by atoms with E-state index in [4.69, 9.17) is 5.73 Å². The van der Waals surface area contributed by atoms with Crippen molar-refractivity contribution in [1.29, 1.82) is 0 Å². The maximum atomic E-state index is 11.8. The summed E-state index contributed by atoms with van der Waals surface area (Å²) in [4.78, 5) is 15.9. The van der Waals surface area contributed by atoms with Crippen LogP contribution >= 0.6 is 15.9 Å². The Morgan fingerprint density at radius 3 is 2.75 bits per heavy atom. The van der Waals surface area contributed by atoms with Gasteiger partial charge in [-0.05, 0) is 25.1 Å². The number of carbonyl (C=O) groups excluding carboxylic acids is 1. The van der Waals surface area contributed by atoms with Gasteiger partial charge >= 0.3 is 0 Å². The lowest BCUT2D eigenvalue weighted by Crippen LogP contribution is -2.38. The number of hydrogen-bond acceptors (Lipinski definition) is 2. The summed E-state index contributed by atoms with van der Waals surface area (Å²) in [6, 6.07) is 7.22. The molecule has 1 rings (SSSR count). The molecule has 0 bridgehead atoms. The van der Waals surface area contributed by atoms with Gasteiger partial charge in [0.05, 0.1) is 6.54 Å². The number of nitrogens with zero attached hydrogens (tertiary/aromatic N) is 1. The molecule has 0 aliphatic carbocycles. The van der Waals surface area contributed by atoms with E-state index in [1.165, 1.54) is 0 Å². The smallest absolute Gasteiger partial charge is 0.251 e. The SMILES string of the molecule is C=C(C)CN=C(N)NCCNC(=O)c1cccc(Br)c1. The number of nitrogens with two attached hydrogens (primary N) is 1. The van der Waals surface area contributed by atoms with Crippen molar-refractivity contribution in [3.63, 3.8) is 0 Å². The van der Waals surface area contributed by atoms with Crippen molar-refractivity contribution in [1.82, 2.24) is 10.6 Å². The third-order valence-corrected chi connectivity index (χ3v) is 2.82. The summed E-state index contributed by atoms with van der Waals surface area (Å²) in [5.74, 6) is 0.232. The molecule has 1 amide bonds. The van der Waals surface area contributed by atoms with E-state index in [1.807, 2.05) is 19.1 Å². The molecular formula is C14H19BrN4O. The molecule has 1 aromatic carbocycles. The van der Waals surface area contributed by atoms with Gasteiger partial charge in [-0.1, -0.05) is 34.1 Å². The molecule has 0 aliphatic heterocycles. The quantitative estimate of drug-likeness (QED) is 0.319. The first-order valence-electron chi connectivity index (χ1n) is 6.21. The van der Waals surface area contributed by atoms with Crippen LogP contribution in [0.2, 0.25) is 0 Å². The van der Waals surface area contributed by atoms with Crippen molar-refractivity contribution in [2.45, 2.75) is 6.92 Å². The number of benzene rings is 1. The molecule has 0 heterocycles. The van der Waals surface area contributed by atoms with Crippen LogP contribution < -0.4 is 16.4 Å². The molecule has 0 saturated heterocycles. The number of guanidine groups is 1. The molecule has 1 aromatic rings. The topological polar surface area (TPSA) is 79.5 Å². The van der Waals surface area contributed by atoms with Crippen LogP contribution in [0.3, 0.4) is 0 Å². The van der Waals surface area contributed by atoms with Crippen LogP contribution in [0.4, 0.5) is 0 Å². The van der Waals surface area contributed by atoms with E-state index in [0.717, 1.165) is 10.0 Å². The first-order chi connectivity index (χ1) is 9.49. The molecule has 0 saturated carbocycles. The van der Waals surface area contributed by atoms with Crippen LogP contribution in [0.25, 0.3) is 0 Å². The molecule has 5 nitrogen and oxygen atoms in total. The van der Waals surface area contributed by atoms with Gasteiger partial charge < -0.3 is 16.4 Å². The van der Waals surface area contributed by atoms with Gasteiger partial charge in [0.15, 0.2) is 5.96 Å². The van der Waals surface area contributed by atoms with Crippen molar-refractivity contribution in [2.75, 3.05) is 19.6 Å². The monoisotopic (exact) mass is 338 g/mol. The normalized spacial score (nSPS) is 11.0. The average Bonchev–Trinajstić information content (AvgIpc) is 2.41. The van der Waals surface area contributed by atoms with Crippen LogP contribution in [0.15, 0.2) is 45.9 Å². The zero-order valence-corrected chi connectivity index (χ0v) is 13.0. The van der Waals surface area contributed by atoms with Gasteiger partial charge in [0.1, 0.15) is 0 Å². The van der Waals surface area contributed by atoms with Crippen LogP contribution in [0.5, 0.6) is 0 Å². The van der Waals surface area contributed by atoms with E-state index < -0.39 is 0 Å². The standard InChI is InChI=1S/C14H19BrN4O/c1-10(2)9-19-14(16)18-7-6-17-13(20)11-4-3-5-12(15)8-11/h3-5,8H,1,6-7,9H2,2H3,(H,17,20)(H3,16,18,19). The number of aliphatic imine (C=N–C) groups is 1. The lowest BCUT2D eigenvalue weighted by atomic mass is 10.2. The molecule has 0 unspecified atom stereocenters. The van der Waals surface area contributed by atoms with E-state index in [1.54, 1.807) is 12.1 Å². The van der Waals surface area contributed by atoms with Gasteiger partial charge in [-0.15, -0.1) is 0 Å². The maximum absolute atomic E-state index is 11.8. The minimum absolute atomic E-state index is 0.120. The Morgan fingerprint density at radius 2 is 2.10 bits per heavy atom. The van der Waals surface area contributed by atoms with Crippen molar-refractivity contribution in [3.8, 4) is 0 Å². The molecule has 0 radical (unpaired) electrons. The molecule has 0 atom stereocenters. The van der Waals surface area contributed by atoms with E-state index >= 15 is 0 Å². The summed E-state index contributed by atoms with van der Waals surface area (Å²) in [6.45, 7) is 7.11. The average molecular weight is 339 g/mol. The third-order valence-electron chi connectivity index (χ3n) is 2.32. The Balaban J connectivity index is 2.29. The third kappa shape index (κ3) is 6.38. The Kier molecular flexibility index (Phi) is 6.79. The summed E-state index contributed by atoms with van der Waals surface area (Å²) in [5.41, 5.74) is 7.21. The van der Waals surface area contributed by atoms with Gasteiger partial charge in [-0.3, -0.25) is 4.79 Å². The van der Waals surface area contributed by atoms with Gasteiger partial charge in [-0.25, -0.2) is 4.99 Å². The molecule has 0 spiro atoms. The van der Waals surface area contributed by atoms with Crippen molar-refractivity contribution in [3.05, 3.63) is 46.5 Å². The number of hydrogen-bond donors (Lipinski definition) is 3. The number of rotatable bonds is 6. The first kappa shape index (κ1) is 16.2. The van der Waals surface area contributed by atoms with E-state index in [2.05, 4.69) is 38.1 Å². The van der Waals surface area contributed by atoms with Gasteiger partial charge in [0, 0.05) is 23.1 Å². The molecule has 0 aromatic heterocycles. The van der Waals surface area contributed by atoms with Crippen LogP contribution in [-0.4, -0.2) is 31.5 Å². The highest BCUT2D eigenvalue weighted by Crippen LogP contribution is 2.11. The fourth-order valence-corrected chi connectivity index (χ4v) is 1.77. The molecule has 0 fully saturated rings. The Morgan fingerprint density at radius 1 is 1.40 bits per heavy atom. The predicted molar refractivity (Wildman–Crippen MR) is 85.8 cm³/mol. The maximum Gasteiger partial charge on any atom is 0.251 e. The molecule has 4 N–H and O–H groups in total. The van der Waals surface area contributed by atoms with Crippen LogP contribution in [0.1, 0.15) is 17.3 Å². The summed E-state index contributed by atoms with van der Waals surface area (Å²) in [5, 5.41) is 5.71. The highest BCUT2D eigenvalue weighted by molar-refractivity contribution is 9.10. The lowest BCUT2D eigenvalue weighted by Gasteiger charge is -2.07. The number of carbonyl (C=O) groups is 1. The summed E-state index contributed by atoms with van der Waals surface area (Å²) in [7, 11) is 0. The fraction of sp³-hybridized carbons (Fsp3) is 0.286. The van der Waals surface area contributed by atoms with Gasteiger partial charge in [-0.2, -0.15) is 0 Å². The summed E-state index contributed by atoms with van der Waals surface area (Å²) < 4.78 is 0.874. The minimum atomic E-state index is -0.120. The molecular weight excluding hydrogens is 320 g/mol. The summed E-state index contributed by atoms with van der Waals surface area (Å²) in [6.07, 6.45) is 0. The van der Waals surface area contributed by atoms with Crippen LogP contribution in [-0.2, 0) is 0 Å². The highest BCUT2D eigenvalue weighted by atomic mass is 79.9. The molecule has 20 heavy (non-hydrogen) atoms.